The second kappa shape index (κ2) is 24.2. The van der Waals surface area contributed by atoms with Crippen LogP contribution in [-0.2, 0) is 19.1 Å². The summed E-state index contributed by atoms with van der Waals surface area (Å²) < 4.78 is 10.9. The Hall–Kier alpha value is -3.96. The maximum atomic E-state index is 13.7. The van der Waals surface area contributed by atoms with Crippen molar-refractivity contribution in [3.05, 3.63) is 34.4 Å². The van der Waals surface area contributed by atoms with Gasteiger partial charge in [-0.05, 0) is 62.5 Å². The van der Waals surface area contributed by atoms with Crippen LogP contribution in [0.25, 0.3) is 0 Å². The van der Waals surface area contributed by atoms with Crippen LogP contribution in [0.15, 0.2) is 12.1 Å². The highest BCUT2D eigenvalue weighted by Crippen LogP contribution is 2.21. The van der Waals surface area contributed by atoms with E-state index in [9.17, 15) is 39.0 Å². The van der Waals surface area contributed by atoms with E-state index in [-0.39, 0.29) is 37.9 Å². The number of carbonyl (C=O) groups is 6. The minimum atomic E-state index is -1.60. The summed E-state index contributed by atoms with van der Waals surface area (Å²) in [5.74, 6) is -6.00. The minimum absolute atomic E-state index is 0.173. The molecule has 0 aliphatic carbocycles. The number of aromatic carboxylic acids is 2. The molecule has 4 unspecified atom stereocenters. The lowest BCUT2D eigenvalue weighted by Gasteiger charge is -2.21. The zero-order chi connectivity index (χ0) is 37.6. The van der Waals surface area contributed by atoms with Gasteiger partial charge >= 0.3 is 23.9 Å². The molecule has 12 nitrogen and oxygen atoms in total. The molecule has 0 bridgehead atoms. The van der Waals surface area contributed by atoms with Crippen LogP contribution in [0, 0.1) is 11.8 Å². The molecular formula is C38H60N2O10. The Bertz CT molecular complexity index is 1170. The minimum Gasteiger partial charge on any atom is -0.478 e. The van der Waals surface area contributed by atoms with E-state index in [1.807, 2.05) is 27.7 Å². The number of hydrogen-bond acceptors (Lipinski definition) is 8. The third kappa shape index (κ3) is 15.7. The van der Waals surface area contributed by atoms with Gasteiger partial charge in [-0.25, -0.2) is 19.2 Å². The van der Waals surface area contributed by atoms with E-state index in [0.29, 0.717) is 25.7 Å². The maximum absolute atomic E-state index is 13.7. The molecule has 50 heavy (non-hydrogen) atoms. The van der Waals surface area contributed by atoms with Crippen LogP contribution >= 0.6 is 0 Å². The lowest BCUT2D eigenvalue weighted by atomic mass is 9.95. The first kappa shape index (κ1) is 44.1. The molecule has 0 aliphatic heterocycles. The Morgan fingerprint density at radius 3 is 1.24 bits per heavy atom. The lowest BCUT2D eigenvalue weighted by Crippen LogP contribution is -2.44. The average Bonchev–Trinajstić information content (AvgIpc) is 3.09. The van der Waals surface area contributed by atoms with E-state index >= 15 is 0 Å². The molecule has 1 aromatic carbocycles. The number of benzene rings is 1. The smallest absolute Gasteiger partial charge is 0.336 e. The van der Waals surface area contributed by atoms with Crippen molar-refractivity contribution < 1.29 is 48.5 Å². The van der Waals surface area contributed by atoms with Crippen LogP contribution in [-0.4, -0.2) is 71.2 Å². The molecule has 0 spiro atoms. The maximum Gasteiger partial charge on any atom is 0.336 e. The SMILES string of the molecule is CCCCCCOC(=O)C(CCC(C)CC)NC(=O)c1cc(C(=O)NC(CCC(C)CC)C(=O)OCCCCCC)c(C(=O)O)cc1C(=O)O. The zero-order valence-electron chi connectivity index (χ0n) is 30.9. The topological polar surface area (TPSA) is 185 Å². The van der Waals surface area contributed by atoms with E-state index in [1.165, 1.54) is 0 Å². The number of ether oxygens (including phenoxy) is 2. The van der Waals surface area contributed by atoms with E-state index < -0.39 is 70.0 Å². The predicted molar refractivity (Wildman–Crippen MR) is 190 cm³/mol. The van der Waals surface area contributed by atoms with E-state index in [1.54, 1.807) is 0 Å². The number of carboxylic acid groups (broad SMARTS) is 2. The zero-order valence-corrected chi connectivity index (χ0v) is 30.9. The molecule has 2 amide bonds. The highest BCUT2D eigenvalue weighted by molar-refractivity contribution is 6.12. The fourth-order valence-corrected chi connectivity index (χ4v) is 5.21. The molecule has 0 aliphatic rings. The predicted octanol–water partition coefficient (Wildman–Crippen LogP) is 7.18. The molecule has 4 atom stereocenters. The number of carbonyl (C=O) groups excluding carboxylic acids is 4. The summed E-state index contributed by atoms with van der Waals surface area (Å²) in [6.45, 7) is 12.5. The number of hydrogen-bond donors (Lipinski definition) is 4. The van der Waals surface area contributed by atoms with Crippen LogP contribution < -0.4 is 10.6 Å². The highest BCUT2D eigenvalue weighted by atomic mass is 16.5. The normalized spacial score (nSPS) is 13.4. The molecular weight excluding hydrogens is 644 g/mol. The lowest BCUT2D eigenvalue weighted by molar-refractivity contribution is -0.147. The Balaban J connectivity index is 3.45. The van der Waals surface area contributed by atoms with Crippen LogP contribution in [0.1, 0.15) is 173 Å². The molecule has 282 valence electrons. The number of amides is 2. The Labute approximate surface area is 297 Å². The number of unbranched alkanes of at least 4 members (excludes halogenated alkanes) is 6. The number of rotatable bonds is 26. The average molecular weight is 705 g/mol. The van der Waals surface area contributed by atoms with E-state index in [0.717, 1.165) is 63.5 Å². The molecule has 0 aromatic heterocycles. The summed E-state index contributed by atoms with van der Waals surface area (Å²) in [7, 11) is 0. The first-order chi connectivity index (χ1) is 23.8. The quantitative estimate of drug-likeness (QED) is 0.0569. The fraction of sp³-hybridized carbons (Fsp3) is 0.684. The Kier molecular flexibility index (Phi) is 21.4. The summed E-state index contributed by atoms with van der Waals surface area (Å²) in [6.07, 6.45) is 10.4. The van der Waals surface area contributed by atoms with Gasteiger partial charge in [0.25, 0.3) is 11.8 Å². The number of carboxylic acids is 2. The van der Waals surface area contributed by atoms with Crippen molar-refractivity contribution in [1.29, 1.82) is 0 Å². The molecule has 0 radical (unpaired) electrons. The fourth-order valence-electron chi connectivity index (χ4n) is 5.21. The van der Waals surface area contributed by atoms with Crippen LogP contribution in [0.3, 0.4) is 0 Å². The van der Waals surface area contributed by atoms with Crippen molar-refractivity contribution in [2.24, 2.45) is 11.8 Å². The molecule has 12 heteroatoms. The van der Waals surface area contributed by atoms with Gasteiger partial charge in [-0.15, -0.1) is 0 Å². The third-order valence-electron chi connectivity index (χ3n) is 9.06. The Morgan fingerprint density at radius 2 is 0.920 bits per heavy atom. The van der Waals surface area contributed by atoms with Gasteiger partial charge in [-0.2, -0.15) is 0 Å². The monoisotopic (exact) mass is 704 g/mol. The summed E-state index contributed by atoms with van der Waals surface area (Å²) in [5, 5.41) is 25.1. The highest BCUT2D eigenvalue weighted by Gasteiger charge is 2.31. The van der Waals surface area contributed by atoms with Crippen molar-refractivity contribution in [3.63, 3.8) is 0 Å². The Morgan fingerprint density at radius 1 is 0.560 bits per heavy atom. The summed E-state index contributed by atoms with van der Waals surface area (Å²) in [4.78, 5) is 78.0. The van der Waals surface area contributed by atoms with Gasteiger partial charge in [0.15, 0.2) is 0 Å². The first-order valence-electron chi connectivity index (χ1n) is 18.4. The van der Waals surface area contributed by atoms with Crippen molar-refractivity contribution >= 4 is 35.7 Å². The van der Waals surface area contributed by atoms with Gasteiger partial charge < -0.3 is 30.3 Å². The summed E-state index contributed by atoms with van der Waals surface area (Å²) in [6, 6.07) is -0.564. The van der Waals surface area contributed by atoms with Gasteiger partial charge in [-0.1, -0.05) is 92.9 Å². The van der Waals surface area contributed by atoms with E-state index in [2.05, 4.69) is 24.5 Å². The first-order valence-corrected chi connectivity index (χ1v) is 18.4. The second-order valence-corrected chi connectivity index (χ2v) is 13.2. The van der Waals surface area contributed by atoms with Crippen LogP contribution in [0.2, 0.25) is 0 Å². The molecule has 1 rings (SSSR count). The number of esters is 2. The van der Waals surface area contributed by atoms with Crippen molar-refractivity contribution in [2.75, 3.05) is 13.2 Å². The van der Waals surface area contributed by atoms with Gasteiger partial charge in [0, 0.05) is 0 Å². The van der Waals surface area contributed by atoms with Crippen molar-refractivity contribution in [2.45, 2.75) is 144 Å². The number of nitrogens with one attached hydrogen (secondary N) is 2. The third-order valence-corrected chi connectivity index (χ3v) is 9.06. The van der Waals surface area contributed by atoms with Crippen LogP contribution in [0.5, 0.6) is 0 Å². The van der Waals surface area contributed by atoms with Crippen LogP contribution in [0.4, 0.5) is 0 Å². The van der Waals surface area contributed by atoms with Crippen molar-refractivity contribution in [1.82, 2.24) is 10.6 Å². The largest absolute Gasteiger partial charge is 0.478 e. The van der Waals surface area contributed by atoms with Gasteiger partial charge in [0.05, 0.1) is 35.5 Å². The van der Waals surface area contributed by atoms with Gasteiger partial charge in [0.2, 0.25) is 0 Å². The van der Waals surface area contributed by atoms with Gasteiger partial charge in [-0.3, -0.25) is 9.59 Å². The molecule has 0 saturated heterocycles. The standard InChI is InChI=1S/C38H60N2O10/c1-7-11-13-15-21-49-37(47)31(19-17-25(5)9-3)39-33(41)27-23-28(30(36(45)46)24-29(27)35(43)44)34(42)40-32(20-18-26(6)10-4)38(48)50-22-16-14-12-8-2/h23-26,31-32H,7-22H2,1-6H3,(H,39,41)(H,40,42)(H,43,44)(H,45,46). The molecule has 1 aromatic rings. The summed E-state index contributed by atoms with van der Waals surface area (Å²) in [5.41, 5.74) is -2.34. The van der Waals surface area contributed by atoms with E-state index in [4.69, 9.17) is 9.47 Å². The molecule has 0 heterocycles. The molecule has 0 fully saturated rings. The summed E-state index contributed by atoms with van der Waals surface area (Å²) >= 11 is 0. The molecule has 0 saturated carbocycles. The second-order valence-electron chi connectivity index (χ2n) is 13.2. The van der Waals surface area contributed by atoms with Crippen molar-refractivity contribution in [3.8, 4) is 0 Å². The van der Waals surface area contributed by atoms with Gasteiger partial charge in [0.1, 0.15) is 12.1 Å². The molecule has 4 N–H and O–H groups in total.